The first-order valence-corrected chi connectivity index (χ1v) is 7.21. The highest BCUT2D eigenvalue weighted by atomic mass is 35.5. The van der Waals surface area contributed by atoms with Crippen molar-refractivity contribution in [3.63, 3.8) is 0 Å². The molecule has 1 aromatic heterocycles. The van der Waals surface area contributed by atoms with Gasteiger partial charge < -0.3 is 10.1 Å². The standard InChI is InChI=1S/C16H20ClN3O/c1-11-5-6-13(17)7-14(11)21-15-18-8-12(9-19-15)10-20-16(2,3)4/h5-9,20H,10H2,1-4H3. The third-order valence-corrected chi connectivity index (χ3v) is 3.09. The Labute approximate surface area is 130 Å². The van der Waals surface area contributed by atoms with E-state index in [0.29, 0.717) is 16.8 Å². The second-order valence-electron chi connectivity index (χ2n) is 5.99. The lowest BCUT2D eigenvalue weighted by Gasteiger charge is -2.20. The molecule has 0 bridgehead atoms. The number of benzene rings is 1. The summed E-state index contributed by atoms with van der Waals surface area (Å²) in [7, 11) is 0. The number of ether oxygens (including phenoxy) is 1. The van der Waals surface area contributed by atoms with Crippen LogP contribution in [0.1, 0.15) is 31.9 Å². The van der Waals surface area contributed by atoms with Crippen LogP contribution in [0.5, 0.6) is 11.8 Å². The number of aromatic nitrogens is 2. The number of nitrogens with zero attached hydrogens (tertiary/aromatic N) is 2. The lowest BCUT2D eigenvalue weighted by molar-refractivity contribution is 0.419. The molecule has 1 N–H and O–H groups in total. The number of aryl methyl sites for hydroxylation is 1. The van der Waals surface area contributed by atoms with E-state index in [1.54, 1.807) is 18.5 Å². The predicted octanol–water partition coefficient (Wildman–Crippen LogP) is 4.12. The SMILES string of the molecule is Cc1ccc(Cl)cc1Oc1ncc(CNC(C)(C)C)cn1. The van der Waals surface area contributed by atoms with Crippen LogP contribution in [0.15, 0.2) is 30.6 Å². The van der Waals surface area contributed by atoms with Gasteiger partial charge >= 0.3 is 6.01 Å². The summed E-state index contributed by atoms with van der Waals surface area (Å²) in [5.74, 6) is 0.670. The Bertz CT molecular complexity index is 606. The van der Waals surface area contributed by atoms with Crippen molar-refractivity contribution in [1.29, 1.82) is 0 Å². The maximum Gasteiger partial charge on any atom is 0.321 e. The maximum atomic E-state index is 5.96. The molecule has 0 atom stereocenters. The van der Waals surface area contributed by atoms with Gasteiger partial charge in [0.2, 0.25) is 0 Å². The lowest BCUT2D eigenvalue weighted by atomic mass is 10.1. The first kappa shape index (κ1) is 15.7. The molecule has 21 heavy (non-hydrogen) atoms. The Morgan fingerprint density at radius 1 is 1.19 bits per heavy atom. The van der Waals surface area contributed by atoms with E-state index in [0.717, 1.165) is 17.7 Å². The van der Waals surface area contributed by atoms with Crippen LogP contribution in [0, 0.1) is 6.92 Å². The summed E-state index contributed by atoms with van der Waals surface area (Å²) in [5.41, 5.74) is 2.06. The molecule has 1 aromatic carbocycles. The van der Waals surface area contributed by atoms with E-state index in [4.69, 9.17) is 16.3 Å². The van der Waals surface area contributed by atoms with Crippen molar-refractivity contribution >= 4 is 11.6 Å². The largest absolute Gasteiger partial charge is 0.424 e. The van der Waals surface area contributed by atoms with Gasteiger partial charge in [0.1, 0.15) is 5.75 Å². The van der Waals surface area contributed by atoms with E-state index < -0.39 is 0 Å². The van der Waals surface area contributed by atoms with Crippen molar-refractivity contribution in [2.24, 2.45) is 0 Å². The van der Waals surface area contributed by atoms with Crippen LogP contribution in [0.4, 0.5) is 0 Å². The van der Waals surface area contributed by atoms with Crippen LogP contribution in [0.2, 0.25) is 5.02 Å². The Balaban J connectivity index is 2.04. The van der Waals surface area contributed by atoms with Crippen molar-refractivity contribution in [2.45, 2.75) is 39.8 Å². The summed E-state index contributed by atoms with van der Waals surface area (Å²) in [5, 5.41) is 4.01. The minimum atomic E-state index is 0.0626. The van der Waals surface area contributed by atoms with Crippen molar-refractivity contribution in [2.75, 3.05) is 0 Å². The fourth-order valence-electron chi connectivity index (χ4n) is 1.64. The number of halogens is 1. The minimum Gasteiger partial charge on any atom is -0.424 e. The maximum absolute atomic E-state index is 5.96. The number of nitrogens with one attached hydrogen (secondary N) is 1. The zero-order chi connectivity index (χ0) is 15.5. The predicted molar refractivity (Wildman–Crippen MR) is 84.9 cm³/mol. The third kappa shape index (κ3) is 4.99. The monoisotopic (exact) mass is 305 g/mol. The molecule has 112 valence electrons. The summed E-state index contributed by atoms with van der Waals surface area (Å²) in [4.78, 5) is 8.46. The molecule has 2 rings (SSSR count). The average molecular weight is 306 g/mol. The zero-order valence-corrected chi connectivity index (χ0v) is 13.5. The van der Waals surface area contributed by atoms with E-state index in [9.17, 15) is 0 Å². The van der Waals surface area contributed by atoms with Gasteiger partial charge in [0.05, 0.1) is 0 Å². The average Bonchev–Trinajstić information content (AvgIpc) is 2.41. The van der Waals surface area contributed by atoms with Crippen molar-refractivity contribution in [3.05, 3.63) is 46.7 Å². The molecule has 0 saturated carbocycles. The van der Waals surface area contributed by atoms with Crippen LogP contribution >= 0.6 is 11.6 Å². The van der Waals surface area contributed by atoms with E-state index in [-0.39, 0.29) is 5.54 Å². The van der Waals surface area contributed by atoms with Crippen molar-refractivity contribution < 1.29 is 4.74 Å². The normalized spacial score (nSPS) is 11.5. The molecule has 0 amide bonds. The molecular weight excluding hydrogens is 286 g/mol. The van der Waals surface area contributed by atoms with E-state index in [1.165, 1.54) is 0 Å². The lowest BCUT2D eigenvalue weighted by Crippen LogP contribution is -2.35. The van der Waals surface area contributed by atoms with Crippen molar-refractivity contribution in [1.82, 2.24) is 15.3 Å². The molecule has 0 radical (unpaired) electrons. The fourth-order valence-corrected chi connectivity index (χ4v) is 1.80. The minimum absolute atomic E-state index is 0.0626. The van der Waals surface area contributed by atoms with Gasteiger partial charge in [-0.2, -0.15) is 0 Å². The summed E-state index contributed by atoms with van der Waals surface area (Å²) in [6.07, 6.45) is 3.53. The summed E-state index contributed by atoms with van der Waals surface area (Å²) < 4.78 is 5.66. The van der Waals surface area contributed by atoms with Crippen LogP contribution in [0.3, 0.4) is 0 Å². The van der Waals surface area contributed by atoms with Gasteiger partial charge in [0.25, 0.3) is 0 Å². The van der Waals surface area contributed by atoms with Crippen molar-refractivity contribution in [3.8, 4) is 11.8 Å². The van der Waals surface area contributed by atoms with Crippen LogP contribution in [0.25, 0.3) is 0 Å². The summed E-state index contributed by atoms with van der Waals surface area (Å²) in [6, 6.07) is 5.81. The number of rotatable bonds is 4. The Morgan fingerprint density at radius 2 is 1.86 bits per heavy atom. The summed E-state index contributed by atoms with van der Waals surface area (Å²) >= 11 is 5.96. The van der Waals surface area contributed by atoms with Gasteiger partial charge in [-0.15, -0.1) is 0 Å². The van der Waals surface area contributed by atoms with E-state index in [2.05, 4.69) is 36.1 Å². The molecule has 0 unspecified atom stereocenters. The molecule has 0 aliphatic heterocycles. The Morgan fingerprint density at radius 3 is 2.48 bits per heavy atom. The topological polar surface area (TPSA) is 47.0 Å². The smallest absolute Gasteiger partial charge is 0.321 e. The molecule has 0 aliphatic rings. The highest BCUT2D eigenvalue weighted by Crippen LogP contribution is 2.25. The number of hydrogen-bond acceptors (Lipinski definition) is 4. The highest BCUT2D eigenvalue weighted by molar-refractivity contribution is 6.30. The van der Waals surface area contributed by atoms with Gasteiger partial charge in [-0.05, 0) is 45.4 Å². The molecule has 4 nitrogen and oxygen atoms in total. The van der Waals surface area contributed by atoms with Crippen LogP contribution in [-0.2, 0) is 6.54 Å². The van der Waals surface area contributed by atoms with E-state index in [1.807, 2.05) is 19.1 Å². The van der Waals surface area contributed by atoms with Gasteiger partial charge in [0.15, 0.2) is 0 Å². The van der Waals surface area contributed by atoms with E-state index >= 15 is 0 Å². The molecular formula is C16H20ClN3O. The quantitative estimate of drug-likeness (QED) is 0.923. The molecule has 0 saturated heterocycles. The fraction of sp³-hybridized carbons (Fsp3) is 0.375. The van der Waals surface area contributed by atoms with Crippen LogP contribution < -0.4 is 10.1 Å². The zero-order valence-electron chi connectivity index (χ0n) is 12.8. The molecule has 2 aromatic rings. The van der Waals surface area contributed by atoms with Gasteiger partial charge in [-0.1, -0.05) is 17.7 Å². The molecule has 0 spiro atoms. The molecule has 0 aliphatic carbocycles. The first-order valence-electron chi connectivity index (χ1n) is 6.83. The Hall–Kier alpha value is -1.65. The van der Waals surface area contributed by atoms with Gasteiger partial charge in [-0.25, -0.2) is 9.97 Å². The van der Waals surface area contributed by atoms with Gasteiger partial charge in [0, 0.05) is 35.1 Å². The number of hydrogen-bond donors (Lipinski definition) is 1. The highest BCUT2D eigenvalue weighted by Gasteiger charge is 2.09. The Kier molecular flexibility index (Phi) is 4.80. The molecule has 1 heterocycles. The van der Waals surface area contributed by atoms with Gasteiger partial charge in [-0.3, -0.25) is 0 Å². The molecule has 5 heteroatoms. The first-order chi connectivity index (χ1) is 9.83. The summed E-state index contributed by atoms with van der Waals surface area (Å²) in [6.45, 7) is 9.03. The second-order valence-corrected chi connectivity index (χ2v) is 6.43. The second kappa shape index (κ2) is 6.41. The molecule has 0 fully saturated rings. The third-order valence-electron chi connectivity index (χ3n) is 2.86. The van der Waals surface area contributed by atoms with Crippen LogP contribution in [-0.4, -0.2) is 15.5 Å².